The molecule has 0 saturated carbocycles. The number of hydrogen-bond acceptors (Lipinski definition) is 10. The van der Waals surface area contributed by atoms with Gasteiger partial charge in [0.25, 0.3) is 0 Å². The second kappa shape index (κ2) is 25.6. The fourth-order valence-electron chi connectivity index (χ4n) is 8.08. The average molecular weight is 872 g/mol. The molecule has 1 aliphatic carbocycles. The molecular weight excluding hydrogens is 799 g/mol. The van der Waals surface area contributed by atoms with Crippen LogP contribution in [-0.2, 0) is 56.3 Å². The molecule has 0 fully saturated rings. The number of hydrogen-bond donors (Lipinski definition) is 1. The van der Waals surface area contributed by atoms with Gasteiger partial charge in [0.1, 0.15) is 13.0 Å². The lowest BCUT2D eigenvalue weighted by Crippen LogP contribution is -2.36. The van der Waals surface area contributed by atoms with Gasteiger partial charge in [-0.3, -0.25) is 4.48 Å². The largest absolute Gasteiger partial charge is 0.485 e. The summed E-state index contributed by atoms with van der Waals surface area (Å²) in [5.41, 5.74) is 12.9. The van der Waals surface area contributed by atoms with Crippen LogP contribution in [0.3, 0.4) is 0 Å². The van der Waals surface area contributed by atoms with Crippen molar-refractivity contribution in [2.24, 2.45) is 0 Å². The molecule has 0 radical (unpaired) electrons. The maximum absolute atomic E-state index is 8.82. The van der Waals surface area contributed by atoms with Crippen LogP contribution in [-0.4, -0.2) is 139 Å². The zero-order valence-corrected chi connectivity index (χ0v) is 39.2. The molecule has 0 unspecified atom stereocenters. The fourth-order valence-corrected chi connectivity index (χ4v) is 8.08. The van der Waals surface area contributed by atoms with Crippen molar-refractivity contribution in [3.8, 4) is 16.9 Å². The summed E-state index contributed by atoms with van der Waals surface area (Å²) >= 11 is 0. The van der Waals surface area contributed by atoms with Gasteiger partial charge < -0.3 is 47.7 Å². The molecule has 5 rings (SSSR count). The lowest BCUT2D eigenvalue weighted by Gasteiger charge is -2.36. The van der Waals surface area contributed by atoms with Crippen LogP contribution in [0.15, 0.2) is 72.8 Å². The van der Waals surface area contributed by atoms with Crippen molar-refractivity contribution in [1.29, 1.82) is 0 Å². The van der Waals surface area contributed by atoms with Crippen molar-refractivity contribution in [3.63, 3.8) is 0 Å². The van der Waals surface area contributed by atoms with Gasteiger partial charge in [0.15, 0.2) is 11.4 Å². The number of nitrogens with zero attached hydrogens (tertiary/aromatic N) is 1. The second-order valence-electron chi connectivity index (χ2n) is 17.2. The molecule has 1 N–H and O–H groups in total. The first-order valence-corrected chi connectivity index (χ1v) is 22.4. The van der Waals surface area contributed by atoms with Crippen molar-refractivity contribution in [2.45, 2.75) is 46.1 Å². The number of aliphatic hydroxyl groups is 1. The van der Waals surface area contributed by atoms with Gasteiger partial charge in [-0.25, -0.2) is 0 Å². The Bertz CT molecular complexity index is 1920. The van der Waals surface area contributed by atoms with Gasteiger partial charge in [0.2, 0.25) is 0 Å². The minimum Gasteiger partial charge on any atom is -0.485 e. The number of fused-ring (bicyclic) bond motifs is 3. The molecule has 344 valence electrons. The number of methoxy groups -OCH3 is 1. The molecule has 4 aromatic rings. The van der Waals surface area contributed by atoms with Gasteiger partial charge in [0.05, 0.1) is 152 Å². The zero-order valence-electron chi connectivity index (χ0n) is 39.2. The van der Waals surface area contributed by atoms with Crippen molar-refractivity contribution < 1.29 is 47.7 Å². The van der Waals surface area contributed by atoms with Crippen LogP contribution in [0, 0.1) is 19.8 Å². The predicted molar refractivity (Wildman–Crippen MR) is 250 cm³/mol. The van der Waals surface area contributed by atoms with E-state index in [1.165, 1.54) is 61.6 Å². The molecule has 0 spiro atoms. The average Bonchev–Trinajstić information content (AvgIpc) is 3.53. The van der Waals surface area contributed by atoms with Gasteiger partial charge in [-0.05, 0) is 64.9 Å². The summed E-state index contributed by atoms with van der Waals surface area (Å²) in [4.78, 5) is 0. The Labute approximate surface area is 377 Å². The predicted octanol–water partition coefficient (Wildman–Crippen LogP) is 7.65. The standard InChI is InChI=1S/C52H73NO10/c1-39(2)33-43-36-44(12-11-42(43)38-62-30-29-60-26-25-58-22-21-56-18-17-54)52(48-34-40(3)9-14-46(48)47-15-10-41(4)35-49(47)52)45-13-16-51(50(37-45)53(5,6)7)63-32-31-61-28-27-59-24-23-57-20-19-55-8/h9-16,34-37,54H,17-33,38H2,1-8H3/q+2. The lowest BCUT2D eigenvalue weighted by atomic mass is 9.66. The quantitative estimate of drug-likeness (QED) is 0.0272. The van der Waals surface area contributed by atoms with Crippen molar-refractivity contribution in [3.05, 3.63) is 123 Å². The Balaban J connectivity index is 1.40. The summed E-state index contributed by atoms with van der Waals surface area (Å²) in [6.07, 6.45) is 0.841. The van der Waals surface area contributed by atoms with E-state index in [0.29, 0.717) is 110 Å². The summed E-state index contributed by atoms with van der Waals surface area (Å²) in [6.45, 7) is 16.5. The third-order valence-electron chi connectivity index (χ3n) is 11.0. The Kier molecular flexibility index (Phi) is 20.4. The lowest BCUT2D eigenvalue weighted by molar-refractivity contribution is -0.00748. The van der Waals surface area contributed by atoms with Crippen LogP contribution in [0.1, 0.15) is 58.4 Å². The molecule has 0 atom stereocenters. The van der Waals surface area contributed by atoms with Gasteiger partial charge in [-0.15, -0.1) is 0 Å². The number of aryl methyl sites for hydroxylation is 2. The highest BCUT2D eigenvalue weighted by atomic mass is 16.6. The van der Waals surface area contributed by atoms with E-state index in [-0.39, 0.29) is 6.61 Å². The minimum absolute atomic E-state index is 0.0153. The summed E-state index contributed by atoms with van der Waals surface area (Å²) in [6, 6.07) is 27.7. The summed E-state index contributed by atoms with van der Waals surface area (Å²) in [5.74, 6) is 2.17. The molecule has 1 aliphatic rings. The Morgan fingerprint density at radius 1 is 0.524 bits per heavy atom. The van der Waals surface area contributed by atoms with Crippen LogP contribution in [0.25, 0.3) is 11.1 Å². The normalized spacial score (nSPS) is 13.0. The van der Waals surface area contributed by atoms with Gasteiger partial charge >= 0.3 is 0 Å². The molecular formula is C52H73NO10+2. The van der Waals surface area contributed by atoms with E-state index in [1.54, 1.807) is 7.11 Å². The second-order valence-corrected chi connectivity index (χ2v) is 17.2. The fraction of sp³-hybridized carbons (Fsp3) is 0.519. The van der Waals surface area contributed by atoms with E-state index < -0.39 is 5.41 Å². The van der Waals surface area contributed by atoms with E-state index in [9.17, 15) is 0 Å². The third-order valence-corrected chi connectivity index (χ3v) is 11.0. The van der Waals surface area contributed by atoms with Crippen LogP contribution >= 0.6 is 0 Å². The summed E-state index contributed by atoms with van der Waals surface area (Å²) in [7, 11) is 8.24. The molecule has 63 heavy (non-hydrogen) atoms. The summed E-state index contributed by atoms with van der Waals surface area (Å²) < 4.78 is 51.8. The van der Waals surface area contributed by atoms with E-state index in [1.807, 2.05) is 0 Å². The molecule has 0 saturated heterocycles. The monoisotopic (exact) mass is 872 g/mol. The van der Waals surface area contributed by atoms with E-state index in [0.717, 1.165) is 17.9 Å². The Morgan fingerprint density at radius 2 is 1.00 bits per heavy atom. The first kappa shape index (κ1) is 50.2. The number of rotatable bonds is 31. The zero-order chi connectivity index (χ0) is 45.1. The third kappa shape index (κ3) is 14.1. The van der Waals surface area contributed by atoms with E-state index in [2.05, 4.69) is 122 Å². The number of aliphatic hydroxyl groups excluding tert-OH is 1. The highest BCUT2D eigenvalue weighted by molar-refractivity contribution is 5.87. The Hall–Kier alpha value is -3.85. The maximum atomic E-state index is 8.82. The molecule has 11 heteroatoms. The number of ether oxygens (including phenoxy) is 9. The molecule has 4 aromatic carbocycles. The molecule has 0 amide bonds. The van der Waals surface area contributed by atoms with Crippen molar-refractivity contribution in [1.82, 2.24) is 4.48 Å². The topological polar surface area (TPSA) is 103 Å². The smallest absolute Gasteiger partial charge is 0.180 e. The molecule has 0 heterocycles. The highest BCUT2D eigenvalue weighted by Crippen LogP contribution is 2.57. The molecule has 0 bridgehead atoms. The van der Waals surface area contributed by atoms with Crippen molar-refractivity contribution in [2.75, 3.05) is 134 Å². The molecule has 11 nitrogen and oxygen atoms in total. The first-order valence-electron chi connectivity index (χ1n) is 22.4. The molecule has 0 aliphatic heterocycles. The SMILES string of the molecule is COCCOCCOCCOCCOc1ccc(C2(c3ccc(COCCOCCOCCOCCO)c(C[C+](C)C)c3)c3cc(C)ccc3-c3ccc(C)cc32)cc1[N+](C)(C)C. The highest BCUT2D eigenvalue weighted by Gasteiger charge is 2.47. The van der Waals surface area contributed by atoms with Crippen LogP contribution in [0.2, 0.25) is 0 Å². The maximum Gasteiger partial charge on any atom is 0.180 e. The first-order chi connectivity index (χ1) is 30.5. The number of benzene rings is 4. The van der Waals surface area contributed by atoms with Crippen molar-refractivity contribution >= 4 is 5.69 Å². The van der Waals surface area contributed by atoms with E-state index in [4.69, 9.17) is 47.7 Å². The summed E-state index contributed by atoms with van der Waals surface area (Å²) in [5, 5.41) is 8.82. The van der Waals surface area contributed by atoms with Gasteiger partial charge in [-0.1, -0.05) is 65.7 Å². The minimum atomic E-state index is -0.597. The Morgan fingerprint density at radius 3 is 1.51 bits per heavy atom. The van der Waals surface area contributed by atoms with E-state index >= 15 is 0 Å². The van der Waals surface area contributed by atoms with Gasteiger partial charge in [-0.2, -0.15) is 0 Å². The van der Waals surface area contributed by atoms with Crippen LogP contribution in [0.4, 0.5) is 5.69 Å². The number of quaternary nitrogens is 1. The molecule has 0 aromatic heterocycles. The van der Waals surface area contributed by atoms with Crippen LogP contribution in [0.5, 0.6) is 5.75 Å². The van der Waals surface area contributed by atoms with Crippen LogP contribution < -0.4 is 9.22 Å². The van der Waals surface area contributed by atoms with Gasteiger partial charge in [0, 0.05) is 18.7 Å².